The van der Waals surface area contributed by atoms with E-state index >= 15 is 0 Å². The lowest BCUT2D eigenvalue weighted by Crippen LogP contribution is -2.12. The Labute approximate surface area is 173 Å². The molecule has 0 radical (unpaired) electrons. The summed E-state index contributed by atoms with van der Waals surface area (Å²) in [6, 6.07) is 14.2. The predicted molar refractivity (Wildman–Crippen MR) is 108 cm³/mol. The maximum atomic E-state index is 12.9. The van der Waals surface area contributed by atoms with Crippen molar-refractivity contribution in [2.45, 2.75) is 6.18 Å². The van der Waals surface area contributed by atoms with Gasteiger partial charge in [-0.05, 0) is 12.1 Å². The molecule has 4 rings (SSSR count). The van der Waals surface area contributed by atoms with Crippen LogP contribution in [-0.4, -0.2) is 20.9 Å². The van der Waals surface area contributed by atoms with Crippen molar-refractivity contribution in [2.75, 3.05) is 5.32 Å². The minimum Gasteiger partial charge on any atom is -0.298 e. The molecule has 5 nitrogen and oxygen atoms in total. The fourth-order valence-electron chi connectivity index (χ4n) is 2.67. The number of alkyl halides is 3. The first-order valence-corrected chi connectivity index (χ1v) is 9.60. The number of carbonyl (C=O) groups is 1. The minimum atomic E-state index is -4.44. The van der Waals surface area contributed by atoms with Crippen LogP contribution in [0.25, 0.3) is 22.6 Å². The van der Waals surface area contributed by atoms with Gasteiger partial charge in [-0.25, -0.2) is 15.0 Å². The molecule has 0 spiro atoms. The van der Waals surface area contributed by atoms with Crippen molar-refractivity contribution < 1.29 is 18.0 Å². The Balaban J connectivity index is 1.48. The molecule has 4 aromatic rings. The van der Waals surface area contributed by atoms with Gasteiger partial charge in [-0.1, -0.05) is 42.5 Å². The second-order valence-electron chi connectivity index (χ2n) is 6.23. The number of hydrogen-bond donors (Lipinski definition) is 1. The van der Waals surface area contributed by atoms with Gasteiger partial charge in [0.05, 0.1) is 16.8 Å². The van der Waals surface area contributed by atoms with Crippen LogP contribution in [-0.2, 0) is 6.18 Å². The molecule has 2 aromatic heterocycles. The number of hydrogen-bond acceptors (Lipinski definition) is 5. The highest BCUT2D eigenvalue weighted by atomic mass is 32.1. The average molecular weight is 426 g/mol. The van der Waals surface area contributed by atoms with E-state index in [1.165, 1.54) is 24.5 Å². The first-order valence-electron chi connectivity index (χ1n) is 8.72. The molecule has 0 unspecified atom stereocenters. The van der Waals surface area contributed by atoms with Gasteiger partial charge in [0.15, 0.2) is 11.0 Å². The van der Waals surface area contributed by atoms with E-state index in [4.69, 9.17) is 0 Å². The average Bonchev–Trinajstić information content (AvgIpc) is 3.22. The summed E-state index contributed by atoms with van der Waals surface area (Å²) in [6.07, 6.45) is -1.62. The number of nitrogens with zero attached hydrogens (tertiary/aromatic N) is 3. The van der Waals surface area contributed by atoms with Crippen LogP contribution >= 0.6 is 11.3 Å². The lowest BCUT2D eigenvalue weighted by molar-refractivity contribution is -0.137. The Bertz CT molecular complexity index is 1170. The molecule has 0 aliphatic rings. The molecule has 1 amide bonds. The molecule has 30 heavy (non-hydrogen) atoms. The monoisotopic (exact) mass is 426 g/mol. The third-order valence-corrected chi connectivity index (χ3v) is 4.91. The van der Waals surface area contributed by atoms with Crippen LogP contribution in [0.4, 0.5) is 18.3 Å². The minimum absolute atomic E-state index is 0.241. The van der Waals surface area contributed by atoms with E-state index in [1.54, 1.807) is 5.38 Å². The van der Waals surface area contributed by atoms with Gasteiger partial charge in [-0.3, -0.25) is 10.1 Å². The van der Waals surface area contributed by atoms with Crippen LogP contribution in [0.3, 0.4) is 0 Å². The van der Waals surface area contributed by atoms with Crippen LogP contribution in [0, 0.1) is 0 Å². The lowest BCUT2D eigenvalue weighted by Gasteiger charge is -2.07. The van der Waals surface area contributed by atoms with Gasteiger partial charge in [0.1, 0.15) is 0 Å². The Morgan fingerprint density at radius 2 is 1.63 bits per heavy atom. The first-order chi connectivity index (χ1) is 14.4. The summed E-state index contributed by atoms with van der Waals surface area (Å²) < 4.78 is 38.7. The predicted octanol–water partition coefficient (Wildman–Crippen LogP) is 5.54. The van der Waals surface area contributed by atoms with E-state index in [0.717, 1.165) is 29.0 Å². The van der Waals surface area contributed by atoms with Crippen molar-refractivity contribution in [3.05, 3.63) is 83.5 Å². The molecule has 0 aliphatic carbocycles. The van der Waals surface area contributed by atoms with E-state index in [1.807, 2.05) is 30.3 Å². The third kappa shape index (κ3) is 4.36. The number of rotatable bonds is 4. The molecule has 0 atom stereocenters. The van der Waals surface area contributed by atoms with Gasteiger partial charge in [0, 0.05) is 28.9 Å². The van der Waals surface area contributed by atoms with Gasteiger partial charge in [0.25, 0.3) is 5.91 Å². The highest BCUT2D eigenvalue weighted by Gasteiger charge is 2.30. The van der Waals surface area contributed by atoms with E-state index < -0.39 is 17.6 Å². The van der Waals surface area contributed by atoms with Crippen LogP contribution in [0.5, 0.6) is 0 Å². The quantitative estimate of drug-likeness (QED) is 0.465. The van der Waals surface area contributed by atoms with Crippen molar-refractivity contribution >= 4 is 22.4 Å². The molecule has 9 heteroatoms. The highest BCUT2D eigenvalue weighted by molar-refractivity contribution is 7.14. The number of thiazole rings is 1. The molecule has 1 N–H and O–H groups in total. The molecule has 150 valence electrons. The zero-order valence-corrected chi connectivity index (χ0v) is 16.0. The number of benzene rings is 2. The first kappa shape index (κ1) is 19.7. The standard InChI is InChI=1S/C21H13F3N4OS/c22-21(23,24)16-8-4-7-14(9-16)17-12-30-20(27-17)28-19(29)15-10-25-18(26-11-15)13-5-2-1-3-6-13/h1-12H,(H,27,28,29). The van der Waals surface area contributed by atoms with E-state index in [0.29, 0.717) is 17.1 Å². The van der Waals surface area contributed by atoms with E-state index in [-0.39, 0.29) is 10.7 Å². The van der Waals surface area contributed by atoms with Crippen molar-refractivity contribution in [3.63, 3.8) is 0 Å². The number of amides is 1. The molecule has 2 aromatic carbocycles. The summed E-state index contributed by atoms with van der Waals surface area (Å²) in [5, 5.41) is 4.47. The van der Waals surface area contributed by atoms with Crippen molar-refractivity contribution in [1.29, 1.82) is 0 Å². The highest BCUT2D eigenvalue weighted by Crippen LogP contribution is 2.33. The number of nitrogens with one attached hydrogen (secondary N) is 1. The van der Waals surface area contributed by atoms with Crippen LogP contribution in [0.1, 0.15) is 15.9 Å². The number of anilines is 1. The zero-order chi connectivity index (χ0) is 21.1. The molecule has 0 bridgehead atoms. The second kappa shape index (κ2) is 8.03. The number of carbonyl (C=O) groups excluding carboxylic acids is 1. The topological polar surface area (TPSA) is 67.8 Å². The summed E-state index contributed by atoms with van der Waals surface area (Å²) in [6.45, 7) is 0. The second-order valence-corrected chi connectivity index (χ2v) is 7.09. The van der Waals surface area contributed by atoms with Gasteiger partial charge in [-0.15, -0.1) is 11.3 Å². The molecule has 0 saturated carbocycles. The van der Waals surface area contributed by atoms with Crippen molar-refractivity contribution in [2.24, 2.45) is 0 Å². The summed E-state index contributed by atoms with van der Waals surface area (Å²) >= 11 is 1.12. The van der Waals surface area contributed by atoms with E-state index in [9.17, 15) is 18.0 Å². The Kier molecular flexibility index (Phi) is 5.28. The van der Waals surface area contributed by atoms with Crippen molar-refractivity contribution in [1.82, 2.24) is 15.0 Å². The summed E-state index contributed by atoms with van der Waals surface area (Å²) in [5.74, 6) is 0.0350. The molecular weight excluding hydrogens is 413 g/mol. The largest absolute Gasteiger partial charge is 0.416 e. The van der Waals surface area contributed by atoms with Gasteiger partial charge in [-0.2, -0.15) is 13.2 Å². The summed E-state index contributed by atoms with van der Waals surface area (Å²) in [5.41, 5.74) is 0.976. The summed E-state index contributed by atoms with van der Waals surface area (Å²) in [7, 11) is 0. The zero-order valence-electron chi connectivity index (χ0n) is 15.2. The maximum Gasteiger partial charge on any atom is 0.416 e. The fourth-order valence-corrected chi connectivity index (χ4v) is 3.38. The normalized spacial score (nSPS) is 11.3. The Hall–Kier alpha value is -3.59. The smallest absolute Gasteiger partial charge is 0.298 e. The SMILES string of the molecule is O=C(Nc1nc(-c2cccc(C(F)(F)F)c2)cs1)c1cnc(-c2ccccc2)nc1. The third-order valence-electron chi connectivity index (χ3n) is 4.16. The van der Waals surface area contributed by atoms with Gasteiger partial charge < -0.3 is 0 Å². The van der Waals surface area contributed by atoms with Crippen LogP contribution < -0.4 is 5.32 Å². The summed E-state index contributed by atoms with van der Waals surface area (Å²) in [4.78, 5) is 25.0. The molecule has 0 saturated heterocycles. The van der Waals surface area contributed by atoms with Gasteiger partial charge >= 0.3 is 6.18 Å². The fraction of sp³-hybridized carbons (Fsp3) is 0.0476. The van der Waals surface area contributed by atoms with Gasteiger partial charge in [0.2, 0.25) is 0 Å². The van der Waals surface area contributed by atoms with Crippen LogP contribution in [0.2, 0.25) is 0 Å². The van der Waals surface area contributed by atoms with E-state index in [2.05, 4.69) is 20.3 Å². The molecular formula is C21H13F3N4OS. The molecule has 0 fully saturated rings. The number of aromatic nitrogens is 3. The molecule has 2 heterocycles. The number of halogens is 3. The van der Waals surface area contributed by atoms with Crippen molar-refractivity contribution in [3.8, 4) is 22.6 Å². The Morgan fingerprint density at radius 1 is 0.933 bits per heavy atom. The lowest BCUT2D eigenvalue weighted by atomic mass is 10.1. The Morgan fingerprint density at radius 3 is 2.33 bits per heavy atom. The molecule has 0 aliphatic heterocycles. The van der Waals surface area contributed by atoms with Crippen LogP contribution in [0.15, 0.2) is 72.4 Å². The maximum absolute atomic E-state index is 12.9.